The van der Waals surface area contributed by atoms with Crippen molar-refractivity contribution in [3.63, 3.8) is 0 Å². The Kier molecular flexibility index (Phi) is 4.94. The highest BCUT2D eigenvalue weighted by molar-refractivity contribution is 5.58. The van der Waals surface area contributed by atoms with E-state index in [1.165, 1.54) is 0 Å². The molecule has 2 rings (SSSR count). The molecule has 0 saturated carbocycles. The first-order valence-corrected chi connectivity index (χ1v) is 6.13. The second kappa shape index (κ2) is 6.92. The minimum Gasteiger partial charge on any atom is -0.497 e. The third-order valence-electron chi connectivity index (χ3n) is 2.72. The Hall–Kier alpha value is -1.85. The standard InChI is InChI=1S/C14H18N2O3/c1-17-8-7-15-10-12-9-14(19-16-12)11-3-5-13(18-2)6-4-11/h3-6,9,15H,7-8,10H2,1-2H3. The Morgan fingerprint density at radius 3 is 2.68 bits per heavy atom. The van der Waals surface area contributed by atoms with E-state index >= 15 is 0 Å². The quantitative estimate of drug-likeness (QED) is 0.774. The number of ether oxygens (including phenoxy) is 2. The van der Waals surface area contributed by atoms with Crippen molar-refractivity contribution in [2.24, 2.45) is 0 Å². The normalized spacial score (nSPS) is 10.6. The van der Waals surface area contributed by atoms with Gasteiger partial charge in [0, 0.05) is 31.8 Å². The number of methoxy groups -OCH3 is 2. The lowest BCUT2D eigenvalue weighted by Gasteiger charge is -2.00. The van der Waals surface area contributed by atoms with Crippen LogP contribution >= 0.6 is 0 Å². The van der Waals surface area contributed by atoms with Gasteiger partial charge in [-0.15, -0.1) is 0 Å². The minimum absolute atomic E-state index is 0.670. The maximum atomic E-state index is 5.32. The Labute approximate surface area is 112 Å². The Bertz CT molecular complexity index is 494. The summed E-state index contributed by atoms with van der Waals surface area (Å²) in [6.45, 7) is 2.15. The van der Waals surface area contributed by atoms with Crippen molar-refractivity contribution in [1.82, 2.24) is 10.5 Å². The molecule has 19 heavy (non-hydrogen) atoms. The van der Waals surface area contributed by atoms with E-state index in [2.05, 4.69) is 10.5 Å². The molecule has 2 aromatic rings. The molecule has 0 radical (unpaired) electrons. The van der Waals surface area contributed by atoms with Gasteiger partial charge in [0.2, 0.25) is 0 Å². The zero-order valence-electron chi connectivity index (χ0n) is 11.2. The summed E-state index contributed by atoms with van der Waals surface area (Å²) in [7, 11) is 3.33. The van der Waals surface area contributed by atoms with Crippen LogP contribution in [-0.2, 0) is 11.3 Å². The summed E-state index contributed by atoms with van der Waals surface area (Å²) >= 11 is 0. The third kappa shape index (κ3) is 3.81. The second-order valence-electron chi connectivity index (χ2n) is 4.08. The number of nitrogens with zero attached hydrogens (tertiary/aromatic N) is 1. The number of benzene rings is 1. The van der Waals surface area contributed by atoms with Crippen LogP contribution in [0.15, 0.2) is 34.9 Å². The fourth-order valence-corrected chi connectivity index (χ4v) is 1.68. The van der Waals surface area contributed by atoms with Gasteiger partial charge in [-0.2, -0.15) is 0 Å². The van der Waals surface area contributed by atoms with Gasteiger partial charge in [0.1, 0.15) is 5.75 Å². The Balaban J connectivity index is 1.95. The molecule has 1 N–H and O–H groups in total. The maximum absolute atomic E-state index is 5.32. The van der Waals surface area contributed by atoms with Crippen LogP contribution in [0.25, 0.3) is 11.3 Å². The van der Waals surface area contributed by atoms with Crippen LogP contribution in [0, 0.1) is 0 Å². The number of hydrogen-bond donors (Lipinski definition) is 1. The van der Waals surface area contributed by atoms with Crippen molar-refractivity contribution in [3.05, 3.63) is 36.0 Å². The summed E-state index contributed by atoms with van der Waals surface area (Å²) in [5.41, 5.74) is 1.86. The van der Waals surface area contributed by atoms with Gasteiger partial charge in [-0.1, -0.05) is 5.16 Å². The van der Waals surface area contributed by atoms with E-state index in [4.69, 9.17) is 14.0 Å². The molecule has 1 aromatic carbocycles. The molecular formula is C14H18N2O3. The van der Waals surface area contributed by atoms with Crippen LogP contribution in [-0.4, -0.2) is 32.5 Å². The highest BCUT2D eigenvalue weighted by atomic mass is 16.5. The minimum atomic E-state index is 0.670. The molecular weight excluding hydrogens is 244 g/mol. The lowest BCUT2D eigenvalue weighted by molar-refractivity contribution is 0.199. The number of rotatable bonds is 7. The summed E-state index contributed by atoms with van der Waals surface area (Å²) < 4.78 is 15.4. The lowest BCUT2D eigenvalue weighted by Crippen LogP contribution is -2.18. The van der Waals surface area contributed by atoms with E-state index in [-0.39, 0.29) is 0 Å². The molecule has 1 heterocycles. The number of nitrogens with one attached hydrogen (secondary N) is 1. The van der Waals surface area contributed by atoms with Crippen molar-refractivity contribution in [2.75, 3.05) is 27.4 Å². The van der Waals surface area contributed by atoms with Crippen molar-refractivity contribution in [1.29, 1.82) is 0 Å². The van der Waals surface area contributed by atoms with E-state index in [0.717, 1.165) is 29.3 Å². The second-order valence-corrected chi connectivity index (χ2v) is 4.08. The molecule has 0 spiro atoms. The highest BCUT2D eigenvalue weighted by Gasteiger charge is 2.06. The van der Waals surface area contributed by atoms with Gasteiger partial charge < -0.3 is 19.3 Å². The predicted molar refractivity (Wildman–Crippen MR) is 72.1 cm³/mol. The molecule has 5 heteroatoms. The Morgan fingerprint density at radius 2 is 2.00 bits per heavy atom. The van der Waals surface area contributed by atoms with Gasteiger partial charge in [0.05, 0.1) is 19.4 Å². The van der Waals surface area contributed by atoms with Crippen molar-refractivity contribution >= 4 is 0 Å². The average molecular weight is 262 g/mol. The van der Waals surface area contributed by atoms with Gasteiger partial charge in [-0.05, 0) is 24.3 Å². The van der Waals surface area contributed by atoms with E-state index < -0.39 is 0 Å². The van der Waals surface area contributed by atoms with Crippen LogP contribution in [0.5, 0.6) is 5.75 Å². The van der Waals surface area contributed by atoms with Crippen molar-refractivity contribution < 1.29 is 14.0 Å². The first-order chi connectivity index (χ1) is 9.33. The van der Waals surface area contributed by atoms with Gasteiger partial charge >= 0.3 is 0 Å². The molecule has 0 atom stereocenters. The fourth-order valence-electron chi connectivity index (χ4n) is 1.68. The molecule has 1 aromatic heterocycles. The monoisotopic (exact) mass is 262 g/mol. The first kappa shape index (κ1) is 13.6. The highest BCUT2D eigenvalue weighted by Crippen LogP contribution is 2.22. The molecule has 102 valence electrons. The van der Waals surface area contributed by atoms with Gasteiger partial charge in [-0.25, -0.2) is 0 Å². The third-order valence-corrected chi connectivity index (χ3v) is 2.72. The molecule has 0 aliphatic carbocycles. The van der Waals surface area contributed by atoms with E-state index in [9.17, 15) is 0 Å². The summed E-state index contributed by atoms with van der Waals surface area (Å²) in [4.78, 5) is 0. The molecule has 0 amide bonds. The zero-order valence-corrected chi connectivity index (χ0v) is 11.2. The number of aromatic nitrogens is 1. The zero-order chi connectivity index (χ0) is 13.5. The lowest BCUT2D eigenvalue weighted by atomic mass is 10.1. The van der Waals surface area contributed by atoms with Crippen molar-refractivity contribution in [2.45, 2.75) is 6.54 Å². The fraction of sp³-hybridized carbons (Fsp3) is 0.357. The van der Waals surface area contributed by atoms with Crippen LogP contribution in [0.2, 0.25) is 0 Å². The largest absolute Gasteiger partial charge is 0.497 e. The summed E-state index contributed by atoms with van der Waals surface area (Å²) in [5, 5.41) is 7.24. The maximum Gasteiger partial charge on any atom is 0.167 e. The topological polar surface area (TPSA) is 56.5 Å². The van der Waals surface area contributed by atoms with Crippen molar-refractivity contribution in [3.8, 4) is 17.1 Å². The van der Waals surface area contributed by atoms with Gasteiger partial charge in [-0.3, -0.25) is 0 Å². The SMILES string of the molecule is COCCNCc1cc(-c2ccc(OC)cc2)on1. The molecule has 0 aliphatic rings. The summed E-state index contributed by atoms with van der Waals surface area (Å²) in [6.07, 6.45) is 0. The number of hydrogen-bond acceptors (Lipinski definition) is 5. The average Bonchev–Trinajstić information content (AvgIpc) is 2.92. The molecule has 0 saturated heterocycles. The van der Waals surface area contributed by atoms with Gasteiger partial charge in [0.25, 0.3) is 0 Å². The van der Waals surface area contributed by atoms with E-state index in [0.29, 0.717) is 13.2 Å². The van der Waals surface area contributed by atoms with Crippen LogP contribution in [0.4, 0.5) is 0 Å². The summed E-state index contributed by atoms with van der Waals surface area (Å²) in [5.74, 6) is 1.58. The molecule has 0 aliphatic heterocycles. The van der Waals surface area contributed by atoms with Crippen LogP contribution in [0.1, 0.15) is 5.69 Å². The Morgan fingerprint density at radius 1 is 1.21 bits per heavy atom. The predicted octanol–water partition coefficient (Wildman–Crippen LogP) is 2.09. The molecule has 0 bridgehead atoms. The molecule has 5 nitrogen and oxygen atoms in total. The van der Waals surface area contributed by atoms with Crippen LogP contribution in [0.3, 0.4) is 0 Å². The van der Waals surface area contributed by atoms with Crippen LogP contribution < -0.4 is 10.1 Å². The van der Waals surface area contributed by atoms with Gasteiger partial charge in [0.15, 0.2) is 5.76 Å². The van der Waals surface area contributed by atoms with E-state index in [1.807, 2.05) is 30.3 Å². The molecule has 0 fully saturated rings. The first-order valence-electron chi connectivity index (χ1n) is 6.13. The van der Waals surface area contributed by atoms with E-state index in [1.54, 1.807) is 14.2 Å². The smallest absolute Gasteiger partial charge is 0.167 e. The molecule has 0 unspecified atom stereocenters. The summed E-state index contributed by atoms with van der Waals surface area (Å²) in [6, 6.07) is 9.62.